The Labute approximate surface area is 185 Å². The van der Waals surface area contributed by atoms with E-state index in [0.717, 1.165) is 55.8 Å². The molecule has 0 saturated heterocycles. The molecule has 1 aliphatic carbocycles. The molecule has 0 atom stereocenters. The van der Waals surface area contributed by atoms with Gasteiger partial charge in [0.1, 0.15) is 12.9 Å². The molecule has 1 fully saturated rings. The molecule has 31 heavy (non-hydrogen) atoms. The molecule has 1 saturated carbocycles. The number of aliphatic imine (C=N–C) groups is 1. The van der Waals surface area contributed by atoms with Crippen molar-refractivity contribution >= 4 is 5.96 Å². The van der Waals surface area contributed by atoms with Gasteiger partial charge in [-0.05, 0) is 44.4 Å². The molecule has 0 unspecified atom stereocenters. The number of aryl methyl sites for hydroxylation is 1. The van der Waals surface area contributed by atoms with E-state index in [1.807, 2.05) is 10.6 Å². The van der Waals surface area contributed by atoms with E-state index in [1.54, 1.807) is 20.5 Å². The van der Waals surface area contributed by atoms with Gasteiger partial charge < -0.3 is 24.7 Å². The Morgan fingerprint density at radius 1 is 1.10 bits per heavy atom. The van der Waals surface area contributed by atoms with Crippen LogP contribution in [0, 0.1) is 0 Å². The average Bonchev–Trinajstić information content (AvgIpc) is 3.28. The van der Waals surface area contributed by atoms with E-state index >= 15 is 0 Å². The number of nitrogens with one attached hydrogen (secondary N) is 2. The quantitative estimate of drug-likeness (QED) is 0.471. The van der Waals surface area contributed by atoms with Crippen molar-refractivity contribution in [1.29, 1.82) is 0 Å². The highest BCUT2D eigenvalue weighted by Gasteiger charge is 2.34. The summed E-state index contributed by atoms with van der Waals surface area (Å²) in [4.78, 5) is 4.76. The van der Waals surface area contributed by atoms with Gasteiger partial charge in [0.25, 0.3) is 0 Å². The zero-order valence-corrected chi connectivity index (χ0v) is 19.3. The predicted molar refractivity (Wildman–Crippen MR) is 123 cm³/mol. The van der Waals surface area contributed by atoms with Gasteiger partial charge in [0, 0.05) is 25.0 Å². The Balaban J connectivity index is 1.80. The minimum absolute atomic E-state index is 0.0391. The van der Waals surface area contributed by atoms with E-state index in [1.165, 1.54) is 24.8 Å². The first-order chi connectivity index (χ1) is 15.2. The number of aromatic nitrogens is 3. The van der Waals surface area contributed by atoms with Crippen molar-refractivity contribution in [2.75, 3.05) is 27.3 Å². The highest BCUT2D eigenvalue weighted by molar-refractivity contribution is 5.79. The van der Waals surface area contributed by atoms with Crippen LogP contribution < -0.4 is 20.1 Å². The zero-order valence-electron chi connectivity index (χ0n) is 19.3. The monoisotopic (exact) mass is 428 g/mol. The smallest absolute Gasteiger partial charge is 0.191 e. The maximum absolute atomic E-state index is 5.58. The first-order valence-electron chi connectivity index (χ1n) is 11.3. The molecule has 8 heteroatoms. The molecule has 170 valence electrons. The summed E-state index contributed by atoms with van der Waals surface area (Å²) in [5.74, 6) is 3.22. The first kappa shape index (κ1) is 22.9. The Bertz CT molecular complexity index is 858. The molecule has 2 aromatic rings. The summed E-state index contributed by atoms with van der Waals surface area (Å²) in [7, 11) is 3.37. The second kappa shape index (κ2) is 11.0. The summed E-state index contributed by atoms with van der Waals surface area (Å²) in [6, 6.07) is 6.34. The van der Waals surface area contributed by atoms with Crippen LogP contribution >= 0.6 is 0 Å². The van der Waals surface area contributed by atoms with Crippen LogP contribution in [0.5, 0.6) is 11.5 Å². The number of hydrogen-bond acceptors (Lipinski definition) is 5. The molecule has 2 N–H and O–H groups in total. The summed E-state index contributed by atoms with van der Waals surface area (Å²) in [5.41, 5.74) is 1.33. The molecule has 0 amide bonds. The molecule has 0 aliphatic heterocycles. The third kappa shape index (κ3) is 5.48. The van der Waals surface area contributed by atoms with E-state index in [2.05, 4.69) is 46.8 Å². The molecule has 0 spiro atoms. The van der Waals surface area contributed by atoms with Crippen molar-refractivity contribution in [2.24, 2.45) is 4.99 Å². The third-order valence-electron chi connectivity index (χ3n) is 6.16. The highest BCUT2D eigenvalue weighted by Crippen LogP contribution is 2.42. The number of guanidine groups is 1. The van der Waals surface area contributed by atoms with Crippen molar-refractivity contribution in [2.45, 2.75) is 64.5 Å². The van der Waals surface area contributed by atoms with Crippen molar-refractivity contribution in [3.8, 4) is 11.5 Å². The van der Waals surface area contributed by atoms with Gasteiger partial charge >= 0.3 is 0 Å². The lowest BCUT2D eigenvalue weighted by Crippen LogP contribution is -2.46. The summed E-state index contributed by atoms with van der Waals surface area (Å²) >= 11 is 0. The van der Waals surface area contributed by atoms with Gasteiger partial charge in [-0.15, -0.1) is 10.2 Å². The average molecular weight is 429 g/mol. The molecule has 0 radical (unpaired) electrons. The molecule has 1 aliphatic rings. The second-order valence-corrected chi connectivity index (χ2v) is 7.99. The molecular weight excluding hydrogens is 392 g/mol. The normalized spacial score (nSPS) is 16.1. The molecule has 3 rings (SSSR count). The van der Waals surface area contributed by atoms with Crippen LogP contribution in [-0.2, 0) is 18.5 Å². The molecule has 1 aromatic heterocycles. The Morgan fingerprint density at radius 3 is 2.55 bits per heavy atom. The van der Waals surface area contributed by atoms with Crippen molar-refractivity contribution in [3.05, 3.63) is 35.9 Å². The fraction of sp³-hybridized carbons (Fsp3) is 0.609. The minimum atomic E-state index is 0.0391. The van der Waals surface area contributed by atoms with E-state index in [9.17, 15) is 0 Å². The van der Waals surface area contributed by atoms with Crippen LogP contribution in [0.4, 0.5) is 0 Å². The maximum atomic E-state index is 5.58. The number of rotatable bonds is 9. The molecule has 1 heterocycles. The predicted octanol–water partition coefficient (Wildman–Crippen LogP) is 3.27. The van der Waals surface area contributed by atoms with Crippen molar-refractivity contribution in [1.82, 2.24) is 25.4 Å². The lowest BCUT2D eigenvalue weighted by Gasteiger charge is -2.38. The largest absolute Gasteiger partial charge is 0.493 e. The SMILES string of the molecule is CCNC(=NCc1nncn1CC)NCC1(c2ccc(OC)c(OC)c2)CCCCC1. The van der Waals surface area contributed by atoms with Crippen LogP contribution in [-0.4, -0.2) is 48.0 Å². The maximum Gasteiger partial charge on any atom is 0.191 e. The number of nitrogens with zero attached hydrogens (tertiary/aromatic N) is 4. The summed E-state index contributed by atoms with van der Waals surface area (Å²) in [6.07, 6.45) is 7.76. The lowest BCUT2D eigenvalue weighted by atomic mass is 9.69. The van der Waals surface area contributed by atoms with Gasteiger partial charge in [0.2, 0.25) is 0 Å². The van der Waals surface area contributed by atoms with Gasteiger partial charge in [0.05, 0.1) is 14.2 Å². The van der Waals surface area contributed by atoms with E-state index in [-0.39, 0.29) is 5.41 Å². The summed E-state index contributed by atoms with van der Waals surface area (Å²) in [5, 5.41) is 15.2. The number of ether oxygens (including phenoxy) is 2. The van der Waals surface area contributed by atoms with Crippen LogP contribution in [0.1, 0.15) is 57.3 Å². The summed E-state index contributed by atoms with van der Waals surface area (Å²) in [6.45, 7) is 7.10. The summed E-state index contributed by atoms with van der Waals surface area (Å²) < 4.78 is 13.0. The standard InChI is InChI=1S/C23H36N6O2/c1-5-24-22(25-15-21-28-27-17-29(21)6-2)26-16-23(12-8-7-9-13-23)18-10-11-19(30-3)20(14-18)31-4/h10-11,14,17H,5-9,12-13,15-16H2,1-4H3,(H2,24,25,26). The van der Waals surface area contributed by atoms with E-state index in [4.69, 9.17) is 14.5 Å². The Morgan fingerprint density at radius 2 is 1.87 bits per heavy atom. The molecule has 8 nitrogen and oxygen atoms in total. The lowest BCUT2D eigenvalue weighted by molar-refractivity contribution is 0.288. The van der Waals surface area contributed by atoms with E-state index in [0.29, 0.717) is 6.54 Å². The number of hydrogen-bond donors (Lipinski definition) is 2. The van der Waals surface area contributed by atoms with Gasteiger partial charge in [-0.2, -0.15) is 0 Å². The third-order valence-corrected chi connectivity index (χ3v) is 6.16. The van der Waals surface area contributed by atoms with Crippen molar-refractivity contribution < 1.29 is 9.47 Å². The van der Waals surface area contributed by atoms with Gasteiger partial charge in [-0.3, -0.25) is 0 Å². The topological polar surface area (TPSA) is 85.6 Å². The van der Waals surface area contributed by atoms with E-state index < -0.39 is 0 Å². The van der Waals surface area contributed by atoms with Gasteiger partial charge in [-0.1, -0.05) is 25.3 Å². The van der Waals surface area contributed by atoms with Crippen LogP contribution in [0.15, 0.2) is 29.5 Å². The first-order valence-corrected chi connectivity index (χ1v) is 11.3. The number of methoxy groups -OCH3 is 2. The van der Waals surface area contributed by atoms with Crippen LogP contribution in [0.3, 0.4) is 0 Å². The van der Waals surface area contributed by atoms with Crippen LogP contribution in [0.25, 0.3) is 0 Å². The highest BCUT2D eigenvalue weighted by atomic mass is 16.5. The molecule has 1 aromatic carbocycles. The van der Waals surface area contributed by atoms with Gasteiger partial charge in [-0.25, -0.2) is 4.99 Å². The molecular formula is C23H36N6O2. The van der Waals surface area contributed by atoms with Gasteiger partial charge in [0.15, 0.2) is 23.3 Å². The zero-order chi connectivity index (χ0) is 22.1. The van der Waals surface area contributed by atoms with Crippen molar-refractivity contribution in [3.63, 3.8) is 0 Å². The van der Waals surface area contributed by atoms with Crippen LogP contribution in [0.2, 0.25) is 0 Å². The second-order valence-electron chi connectivity index (χ2n) is 7.99. The fourth-order valence-electron chi connectivity index (χ4n) is 4.37. The number of benzene rings is 1. The molecule has 0 bridgehead atoms. The fourth-order valence-corrected chi connectivity index (χ4v) is 4.37. The Kier molecular flexibility index (Phi) is 8.14. The minimum Gasteiger partial charge on any atom is -0.493 e. The Hall–Kier alpha value is -2.77.